The zero-order valence-electron chi connectivity index (χ0n) is 13.4. The van der Waals surface area contributed by atoms with Gasteiger partial charge in [-0.05, 0) is 44.4 Å². The lowest BCUT2D eigenvalue weighted by molar-refractivity contribution is 0.312. The molecule has 0 bridgehead atoms. The molecule has 6 nitrogen and oxygen atoms in total. The van der Waals surface area contributed by atoms with Crippen LogP contribution in [0.15, 0.2) is 32.5 Å². The molecule has 1 aromatic heterocycles. The molecule has 6 heteroatoms. The normalized spacial score (nSPS) is 11.9. The summed E-state index contributed by atoms with van der Waals surface area (Å²) < 4.78 is 12.4. The fraction of sp³-hybridized carbons (Fsp3) is 0.500. The maximum absolute atomic E-state index is 11.9. The molecule has 0 spiro atoms. The molecule has 0 amide bonds. The molecule has 0 saturated heterocycles. The van der Waals surface area contributed by atoms with Crippen LogP contribution >= 0.6 is 0 Å². The largest absolute Gasteiger partial charge is 0.480 e. The van der Waals surface area contributed by atoms with Crippen molar-refractivity contribution >= 4 is 17.0 Å². The van der Waals surface area contributed by atoms with E-state index in [0.717, 1.165) is 30.3 Å². The summed E-state index contributed by atoms with van der Waals surface area (Å²) in [6.07, 6.45) is 2.50. The fourth-order valence-corrected chi connectivity index (χ4v) is 2.38. The van der Waals surface area contributed by atoms with Gasteiger partial charge in [0.1, 0.15) is 0 Å². The maximum atomic E-state index is 11.9. The van der Waals surface area contributed by atoms with E-state index in [-0.39, 0.29) is 5.76 Å². The quantitative estimate of drug-likeness (QED) is 0.369. The van der Waals surface area contributed by atoms with Gasteiger partial charge in [0.15, 0.2) is 5.58 Å². The summed E-state index contributed by atoms with van der Waals surface area (Å²) in [6, 6.07) is 5.77. The minimum atomic E-state index is -0.297. The van der Waals surface area contributed by atoms with E-state index in [0.29, 0.717) is 24.6 Å². The molecule has 0 atom stereocenters. The molecule has 1 N–H and O–H groups in total. The number of nitrogens with one attached hydrogen (secondary N) is 1. The van der Waals surface area contributed by atoms with Crippen LogP contribution in [0, 0.1) is 6.92 Å². The lowest BCUT2D eigenvalue weighted by atomic mass is 10.2. The highest BCUT2D eigenvalue weighted by atomic mass is 16.5. The summed E-state index contributed by atoms with van der Waals surface area (Å²) in [5.41, 5.74) is 5.35. The highest BCUT2D eigenvalue weighted by Gasteiger charge is 2.09. The Hall–Kier alpha value is -2.24. The second-order valence-corrected chi connectivity index (χ2v) is 5.11. The molecule has 2 rings (SSSR count). The third-order valence-corrected chi connectivity index (χ3v) is 3.39. The van der Waals surface area contributed by atoms with Crippen molar-refractivity contribution in [1.82, 2.24) is 9.99 Å². The molecule has 1 heterocycles. The molecular formula is C16H23N3O3. The Kier molecular flexibility index (Phi) is 5.63. The number of hydrogen-bond acceptors (Lipinski definition) is 5. The van der Waals surface area contributed by atoms with Crippen molar-refractivity contribution in [2.75, 3.05) is 13.7 Å². The van der Waals surface area contributed by atoms with E-state index in [1.807, 2.05) is 32.0 Å². The maximum Gasteiger partial charge on any atom is 0.419 e. The van der Waals surface area contributed by atoms with Crippen LogP contribution in [0.4, 0.5) is 0 Å². The summed E-state index contributed by atoms with van der Waals surface area (Å²) in [7, 11) is 1.75. The van der Waals surface area contributed by atoms with Gasteiger partial charge in [-0.15, -0.1) is 5.10 Å². The molecule has 120 valence electrons. The summed E-state index contributed by atoms with van der Waals surface area (Å²) in [5, 5.41) is 4.08. The first-order valence-electron chi connectivity index (χ1n) is 7.61. The van der Waals surface area contributed by atoms with E-state index in [4.69, 9.17) is 9.15 Å². The Morgan fingerprint density at radius 1 is 1.41 bits per heavy atom. The van der Waals surface area contributed by atoms with Gasteiger partial charge in [0.05, 0.1) is 12.1 Å². The number of unbranched alkanes of at least 4 members (excludes halogenated alkanes) is 1. The summed E-state index contributed by atoms with van der Waals surface area (Å²) >= 11 is 0. The Morgan fingerprint density at radius 3 is 2.95 bits per heavy atom. The van der Waals surface area contributed by atoms with Crippen molar-refractivity contribution in [2.24, 2.45) is 5.10 Å². The molecule has 0 unspecified atom stereocenters. The van der Waals surface area contributed by atoms with Gasteiger partial charge in [-0.3, -0.25) is 4.57 Å². The van der Waals surface area contributed by atoms with Crippen LogP contribution in [-0.2, 0) is 11.3 Å². The van der Waals surface area contributed by atoms with Crippen LogP contribution in [0.1, 0.15) is 31.7 Å². The number of ether oxygens (including phenoxy) is 1. The van der Waals surface area contributed by atoms with Gasteiger partial charge in [-0.1, -0.05) is 6.07 Å². The van der Waals surface area contributed by atoms with Crippen molar-refractivity contribution in [3.63, 3.8) is 0 Å². The van der Waals surface area contributed by atoms with Crippen molar-refractivity contribution in [3.8, 4) is 0 Å². The summed E-state index contributed by atoms with van der Waals surface area (Å²) in [4.78, 5) is 11.9. The predicted molar refractivity (Wildman–Crippen MR) is 87.2 cm³/mol. The molecule has 2 aromatic rings. The topological polar surface area (TPSA) is 68.8 Å². The highest BCUT2D eigenvalue weighted by Crippen LogP contribution is 2.15. The number of fused-ring (bicyclic) bond motifs is 1. The van der Waals surface area contributed by atoms with Crippen LogP contribution in [0.3, 0.4) is 0 Å². The fourth-order valence-electron chi connectivity index (χ4n) is 2.38. The minimum Gasteiger partial charge on any atom is -0.480 e. The summed E-state index contributed by atoms with van der Waals surface area (Å²) in [5.74, 6) is 0.403. The van der Waals surface area contributed by atoms with E-state index in [2.05, 4.69) is 10.5 Å². The summed E-state index contributed by atoms with van der Waals surface area (Å²) in [6.45, 7) is 5.17. The SMILES string of the molecule is CCO/C(CCCCn1c(=O)oc2ccc(C)cc21)=N\NC. The first kappa shape index (κ1) is 16.1. The molecule has 22 heavy (non-hydrogen) atoms. The van der Waals surface area contributed by atoms with Gasteiger partial charge in [-0.25, -0.2) is 4.79 Å². The number of benzene rings is 1. The van der Waals surface area contributed by atoms with E-state index >= 15 is 0 Å². The lowest BCUT2D eigenvalue weighted by Crippen LogP contribution is -2.15. The van der Waals surface area contributed by atoms with Gasteiger partial charge in [-0.2, -0.15) is 0 Å². The number of aromatic nitrogens is 1. The first-order chi connectivity index (χ1) is 10.7. The number of nitrogens with zero attached hydrogens (tertiary/aromatic N) is 2. The highest BCUT2D eigenvalue weighted by molar-refractivity contribution is 5.75. The van der Waals surface area contributed by atoms with Crippen LogP contribution in [0.25, 0.3) is 11.1 Å². The molecule has 0 fully saturated rings. The number of hydrogen-bond donors (Lipinski definition) is 1. The van der Waals surface area contributed by atoms with Gasteiger partial charge in [0.25, 0.3) is 0 Å². The van der Waals surface area contributed by atoms with Crippen molar-refractivity contribution in [2.45, 2.75) is 39.7 Å². The molecule has 1 aromatic carbocycles. The van der Waals surface area contributed by atoms with E-state index in [1.54, 1.807) is 11.6 Å². The Bertz CT molecular complexity index is 700. The Morgan fingerprint density at radius 2 is 2.23 bits per heavy atom. The van der Waals surface area contributed by atoms with Gasteiger partial charge in [0.2, 0.25) is 5.90 Å². The van der Waals surface area contributed by atoms with Crippen molar-refractivity contribution in [3.05, 3.63) is 34.3 Å². The van der Waals surface area contributed by atoms with Gasteiger partial charge in [0, 0.05) is 20.0 Å². The van der Waals surface area contributed by atoms with Crippen LogP contribution in [0.5, 0.6) is 0 Å². The van der Waals surface area contributed by atoms with Crippen LogP contribution in [0.2, 0.25) is 0 Å². The van der Waals surface area contributed by atoms with E-state index in [1.165, 1.54) is 0 Å². The third-order valence-electron chi connectivity index (χ3n) is 3.39. The van der Waals surface area contributed by atoms with Crippen molar-refractivity contribution in [1.29, 1.82) is 0 Å². The molecule has 0 saturated carbocycles. The monoisotopic (exact) mass is 305 g/mol. The predicted octanol–water partition coefficient (Wildman–Crippen LogP) is 2.64. The third kappa shape index (κ3) is 3.90. The molecular weight excluding hydrogens is 282 g/mol. The number of hydrazone groups is 1. The Balaban J connectivity index is 1.97. The standard InChI is InChI=1S/C16H23N3O3/c1-4-21-15(18-17-3)7-5-6-10-19-13-11-12(2)8-9-14(13)22-16(19)20/h8-9,11,17H,4-7,10H2,1-3H3/b18-15-. The molecule has 0 aliphatic rings. The first-order valence-corrected chi connectivity index (χ1v) is 7.61. The second kappa shape index (κ2) is 7.68. The second-order valence-electron chi connectivity index (χ2n) is 5.11. The molecule has 0 aliphatic heterocycles. The number of rotatable bonds is 7. The average molecular weight is 305 g/mol. The minimum absolute atomic E-state index is 0.297. The van der Waals surface area contributed by atoms with E-state index < -0.39 is 0 Å². The number of oxazole rings is 1. The molecule has 0 aliphatic carbocycles. The average Bonchev–Trinajstić information content (AvgIpc) is 2.79. The number of aryl methyl sites for hydroxylation is 2. The van der Waals surface area contributed by atoms with Gasteiger partial charge < -0.3 is 14.6 Å². The lowest BCUT2D eigenvalue weighted by Gasteiger charge is -2.07. The smallest absolute Gasteiger partial charge is 0.419 e. The zero-order chi connectivity index (χ0) is 15.9. The molecule has 0 radical (unpaired) electrons. The van der Waals surface area contributed by atoms with Crippen LogP contribution in [-0.4, -0.2) is 24.1 Å². The van der Waals surface area contributed by atoms with Crippen LogP contribution < -0.4 is 11.2 Å². The van der Waals surface area contributed by atoms with Crippen molar-refractivity contribution < 1.29 is 9.15 Å². The zero-order valence-corrected chi connectivity index (χ0v) is 13.4. The van der Waals surface area contributed by atoms with E-state index in [9.17, 15) is 4.79 Å². The van der Waals surface area contributed by atoms with Gasteiger partial charge >= 0.3 is 5.76 Å². The Labute approximate surface area is 129 Å².